The van der Waals surface area contributed by atoms with Gasteiger partial charge in [0.1, 0.15) is 0 Å². The average molecular weight is 341 g/mol. The summed E-state index contributed by atoms with van der Waals surface area (Å²) in [5.74, 6) is 0.231. The van der Waals surface area contributed by atoms with Crippen molar-refractivity contribution in [2.75, 3.05) is 32.7 Å². The summed E-state index contributed by atoms with van der Waals surface area (Å²) in [6, 6.07) is 0.330. The van der Waals surface area contributed by atoms with Crippen molar-refractivity contribution in [2.45, 2.75) is 38.3 Å². The van der Waals surface area contributed by atoms with E-state index in [-0.39, 0.29) is 42.7 Å². The van der Waals surface area contributed by atoms with Crippen LogP contribution in [0.5, 0.6) is 0 Å². The van der Waals surface area contributed by atoms with Gasteiger partial charge in [0.15, 0.2) is 0 Å². The molecule has 3 N–H and O–H groups in total. The van der Waals surface area contributed by atoms with Gasteiger partial charge in [0, 0.05) is 44.7 Å². The van der Waals surface area contributed by atoms with E-state index < -0.39 is 0 Å². The van der Waals surface area contributed by atoms with E-state index in [1.165, 1.54) is 0 Å². The number of nitrogens with zero attached hydrogens (tertiary/aromatic N) is 2. The van der Waals surface area contributed by atoms with Crippen LogP contribution < -0.4 is 11.1 Å². The van der Waals surface area contributed by atoms with Crippen molar-refractivity contribution in [1.29, 1.82) is 0 Å². The first-order valence-electron chi connectivity index (χ1n) is 7.09. The lowest BCUT2D eigenvalue weighted by Crippen LogP contribution is -2.51. The van der Waals surface area contributed by atoms with Crippen LogP contribution in [-0.2, 0) is 9.59 Å². The van der Waals surface area contributed by atoms with Gasteiger partial charge in [-0.3, -0.25) is 14.5 Å². The van der Waals surface area contributed by atoms with Gasteiger partial charge in [0.05, 0.1) is 6.54 Å². The summed E-state index contributed by atoms with van der Waals surface area (Å²) in [6.45, 7) is 5.22. The monoisotopic (exact) mass is 340 g/mol. The normalized spacial score (nSPS) is 20.0. The molecule has 1 heterocycles. The van der Waals surface area contributed by atoms with E-state index in [2.05, 4.69) is 10.2 Å². The fraction of sp³-hybridized carbons (Fsp3) is 0.846. The molecule has 2 rings (SSSR count). The standard InChI is InChI=1S/C13H24N4O2.2ClH/c1-10(14)8-13(19)17-6-4-16(5-7-17)9-12(18)15-11-2-3-11;;/h10-11H,2-9,14H2,1H3,(H,15,18);2*1H. The van der Waals surface area contributed by atoms with Crippen molar-refractivity contribution < 1.29 is 9.59 Å². The van der Waals surface area contributed by atoms with Gasteiger partial charge >= 0.3 is 0 Å². The molecule has 0 bridgehead atoms. The fourth-order valence-electron chi connectivity index (χ4n) is 2.26. The van der Waals surface area contributed by atoms with E-state index in [9.17, 15) is 9.59 Å². The van der Waals surface area contributed by atoms with Crippen molar-refractivity contribution in [3.8, 4) is 0 Å². The minimum absolute atomic E-state index is 0. The maximum absolute atomic E-state index is 11.8. The molecule has 0 aromatic rings. The SMILES string of the molecule is CC(N)CC(=O)N1CCN(CC(=O)NC2CC2)CC1.Cl.Cl. The molecular formula is C13H26Cl2N4O2. The molecule has 6 nitrogen and oxygen atoms in total. The Bertz CT molecular complexity index is 343. The molecule has 2 amide bonds. The van der Waals surface area contributed by atoms with E-state index in [0.717, 1.165) is 25.9 Å². The zero-order chi connectivity index (χ0) is 13.8. The molecule has 1 saturated heterocycles. The first-order valence-corrected chi connectivity index (χ1v) is 7.09. The molecule has 8 heteroatoms. The minimum atomic E-state index is -0.0881. The van der Waals surface area contributed by atoms with Gasteiger partial charge in [-0.2, -0.15) is 0 Å². The highest BCUT2D eigenvalue weighted by molar-refractivity contribution is 5.85. The van der Waals surface area contributed by atoms with E-state index in [1.54, 1.807) is 0 Å². The summed E-state index contributed by atoms with van der Waals surface area (Å²) in [7, 11) is 0. The molecule has 0 spiro atoms. The van der Waals surface area contributed by atoms with Crippen molar-refractivity contribution in [3.63, 3.8) is 0 Å². The molecule has 1 atom stereocenters. The number of halogens is 2. The summed E-state index contributed by atoms with van der Waals surface area (Å²) in [4.78, 5) is 27.5. The fourth-order valence-corrected chi connectivity index (χ4v) is 2.26. The number of hydrogen-bond acceptors (Lipinski definition) is 4. The van der Waals surface area contributed by atoms with Gasteiger partial charge in [0.25, 0.3) is 0 Å². The number of piperazine rings is 1. The number of carbonyl (C=O) groups excluding carboxylic acids is 2. The zero-order valence-electron chi connectivity index (χ0n) is 12.4. The topological polar surface area (TPSA) is 78.7 Å². The van der Waals surface area contributed by atoms with Crippen molar-refractivity contribution >= 4 is 36.6 Å². The molecule has 124 valence electrons. The Kier molecular flexibility index (Phi) is 9.20. The molecular weight excluding hydrogens is 315 g/mol. The van der Waals surface area contributed by atoms with Crippen LogP contribution in [0.25, 0.3) is 0 Å². The second-order valence-electron chi connectivity index (χ2n) is 5.68. The smallest absolute Gasteiger partial charge is 0.234 e. The summed E-state index contributed by atoms with van der Waals surface area (Å²) in [5.41, 5.74) is 5.63. The van der Waals surface area contributed by atoms with Crippen LogP contribution in [0.1, 0.15) is 26.2 Å². The van der Waals surface area contributed by atoms with Crippen LogP contribution in [0.2, 0.25) is 0 Å². The number of rotatable bonds is 5. The lowest BCUT2D eigenvalue weighted by Gasteiger charge is -2.34. The van der Waals surface area contributed by atoms with Gasteiger partial charge in [0.2, 0.25) is 11.8 Å². The number of nitrogens with two attached hydrogens (primary N) is 1. The third-order valence-corrected chi connectivity index (χ3v) is 3.53. The van der Waals surface area contributed by atoms with Gasteiger partial charge in [-0.05, 0) is 19.8 Å². The molecule has 0 aromatic carbocycles. The lowest BCUT2D eigenvalue weighted by atomic mass is 10.2. The third kappa shape index (κ3) is 7.31. The quantitative estimate of drug-likeness (QED) is 0.737. The highest BCUT2D eigenvalue weighted by atomic mass is 35.5. The summed E-state index contributed by atoms with van der Waals surface area (Å²) < 4.78 is 0. The Labute approximate surface area is 138 Å². The number of amides is 2. The largest absolute Gasteiger partial charge is 0.352 e. The van der Waals surface area contributed by atoms with Gasteiger partial charge < -0.3 is 16.0 Å². The molecule has 21 heavy (non-hydrogen) atoms. The predicted molar refractivity (Wildman–Crippen MR) is 86.9 cm³/mol. The first-order chi connectivity index (χ1) is 9.04. The van der Waals surface area contributed by atoms with Crippen molar-refractivity contribution in [3.05, 3.63) is 0 Å². The van der Waals surface area contributed by atoms with Crippen LogP contribution in [0.15, 0.2) is 0 Å². The van der Waals surface area contributed by atoms with Gasteiger partial charge in [-0.1, -0.05) is 0 Å². The number of nitrogens with one attached hydrogen (secondary N) is 1. The molecule has 1 saturated carbocycles. The molecule has 2 fully saturated rings. The summed E-state index contributed by atoms with van der Waals surface area (Å²) in [6.07, 6.45) is 2.64. The Balaban J connectivity index is 0.00000200. The Morgan fingerprint density at radius 3 is 2.24 bits per heavy atom. The first kappa shape index (κ1) is 20.4. The lowest BCUT2D eigenvalue weighted by molar-refractivity contribution is -0.133. The van der Waals surface area contributed by atoms with Crippen LogP contribution in [0, 0.1) is 0 Å². The van der Waals surface area contributed by atoms with Crippen molar-refractivity contribution in [2.24, 2.45) is 5.73 Å². The highest BCUT2D eigenvalue weighted by Gasteiger charge is 2.26. The second-order valence-corrected chi connectivity index (χ2v) is 5.68. The Hall–Kier alpha value is -0.560. The maximum atomic E-state index is 11.8. The maximum Gasteiger partial charge on any atom is 0.234 e. The molecule has 1 aliphatic heterocycles. The van der Waals surface area contributed by atoms with Crippen LogP contribution in [0.4, 0.5) is 0 Å². The van der Waals surface area contributed by atoms with Gasteiger partial charge in [-0.25, -0.2) is 0 Å². The Morgan fingerprint density at radius 1 is 1.19 bits per heavy atom. The van der Waals surface area contributed by atoms with E-state index in [0.29, 0.717) is 32.1 Å². The third-order valence-electron chi connectivity index (χ3n) is 3.53. The van der Waals surface area contributed by atoms with Crippen LogP contribution >= 0.6 is 24.8 Å². The Morgan fingerprint density at radius 2 is 1.76 bits per heavy atom. The molecule has 0 aromatic heterocycles. The average Bonchev–Trinajstić information content (AvgIpc) is 3.12. The molecule has 2 aliphatic rings. The zero-order valence-corrected chi connectivity index (χ0v) is 14.0. The van der Waals surface area contributed by atoms with Crippen LogP contribution in [-0.4, -0.2) is 66.4 Å². The van der Waals surface area contributed by atoms with E-state index in [4.69, 9.17) is 5.73 Å². The van der Waals surface area contributed by atoms with Crippen LogP contribution in [0.3, 0.4) is 0 Å². The van der Waals surface area contributed by atoms with Gasteiger partial charge in [-0.15, -0.1) is 24.8 Å². The minimum Gasteiger partial charge on any atom is -0.352 e. The second kappa shape index (κ2) is 9.46. The molecule has 0 radical (unpaired) electrons. The molecule has 1 aliphatic carbocycles. The van der Waals surface area contributed by atoms with E-state index >= 15 is 0 Å². The van der Waals surface area contributed by atoms with E-state index in [1.807, 2.05) is 11.8 Å². The van der Waals surface area contributed by atoms with Crippen molar-refractivity contribution in [1.82, 2.24) is 15.1 Å². The number of hydrogen-bond donors (Lipinski definition) is 2. The summed E-state index contributed by atoms with van der Waals surface area (Å²) in [5, 5.41) is 2.98. The summed E-state index contributed by atoms with van der Waals surface area (Å²) >= 11 is 0. The molecule has 1 unspecified atom stereocenters. The number of carbonyl (C=O) groups is 2. The highest BCUT2D eigenvalue weighted by Crippen LogP contribution is 2.18. The predicted octanol–water partition coefficient (Wildman–Crippen LogP) is -0.00990.